The smallest absolute Gasteiger partial charge is 0.254 e. The fraction of sp³-hybridized carbons (Fsp3) is 0.222. The first-order chi connectivity index (χ1) is 11.9. The number of piperazine rings is 1. The van der Waals surface area contributed by atoms with E-state index in [4.69, 9.17) is 0 Å². The Balaban J connectivity index is 1.83. The van der Waals surface area contributed by atoms with Crippen LogP contribution in [0.5, 0.6) is 0 Å². The average molecular weight is 348 g/mol. The topological polar surface area (TPSA) is 40.6 Å². The fourth-order valence-corrected chi connectivity index (χ4v) is 2.87. The third-order valence-corrected chi connectivity index (χ3v) is 4.19. The van der Waals surface area contributed by atoms with Crippen molar-refractivity contribution in [3.8, 4) is 0 Å². The molecule has 4 nitrogen and oxygen atoms in total. The van der Waals surface area contributed by atoms with Gasteiger partial charge in [0.15, 0.2) is 0 Å². The minimum absolute atomic E-state index is 0.0314. The quantitative estimate of drug-likeness (QED) is 0.837. The number of hydrogen-bond donors (Lipinski definition) is 0. The van der Waals surface area contributed by atoms with Crippen LogP contribution in [0.25, 0.3) is 0 Å². The molecular weight excluding hydrogens is 333 g/mol. The molecule has 0 spiro atoms. The lowest BCUT2D eigenvalue weighted by atomic mass is 10.1. The highest BCUT2D eigenvalue weighted by Crippen LogP contribution is 2.25. The molecule has 0 radical (unpaired) electrons. The molecule has 1 aliphatic rings. The van der Waals surface area contributed by atoms with E-state index in [9.17, 15) is 22.8 Å². The van der Waals surface area contributed by atoms with Crippen LogP contribution in [-0.2, 0) is 4.79 Å². The van der Waals surface area contributed by atoms with E-state index in [1.807, 2.05) is 0 Å². The van der Waals surface area contributed by atoms with Crippen molar-refractivity contribution in [3.05, 3.63) is 65.5 Å². The lowest BCUT2D eigenvalue weighted by Crippen LogP contribution is -2.58. The number of anilines is 1. The number of carbonyl (C=O) groups is 2. The second-order valence-electron chi connectivity index (χ2n) is 5.77. The monoisotopic (exact) mass is 348 g/mol. The predicted molar refractivity (Wildman–Crippen MR) is 85.6 cm³/mol. The van der Waals surface area contributed by atoms with Crippen molar-refractivity contribution >= 4 is 17.5 Å². The first-order valence-electron chi connectivity index (χ1n) is 7.71. The normalized spacial score (nSPS) is 17.8. The summed E-state index contributed by atoms with van der Waals surface area (Å²) in [6.07, 6.45) is 0. The van der Waals surface area contributed by atoms with Crippen LogP contribution in [-0.4, -0.2) is 35.8 Å². The minimum atomic E-state index is -0.853. The van der Waals surface area contributed by atoms with Crippen molar-refractivity contribution in [2.75, 3.05) is 18.0 Å². The van der Waals surface area contributed by atoms with Crippen molar-refractivity contribution in [1.82, 2.24) is 4.90 Å². The molecule has 0 N–H and O–H groups in total. The number of nitrogens with zero attached hydrogens (tertiary/aromatic N) is 2. The molecule has 1 fully saturated rings. The number of rotatable bonds is 2. The molecular formula is C18H15F3N2O2. The van der Waals surface area contributed by atoms with Gasteiger partial charge in [-0.2, -0.15) is 0 Å². The molecule has 1 unspecified atom stereocenters. The molecule has 0 bridgehead atoms. The molecule has 0 aromatic heterocycles. The van der Waals surface area contributed by atoms with Gasteiger partial charge < -0.3 is 9.80 Å². The summed E-state index contributed by atoms with van der Waals surface area (Å²) in [7, 11) is 0. The molecule has 130 valence electrons. The molecule has 1 atom stereocenters. The van der Waals surface area contributed by atoms with E-state index < -0.39 is 35.3 Å². The van der Waals surface area contributed by atoms with Gasteiger partial charge in [-0.15, -0.1) is 0 Å². The van der Waals surface area contributed by atoms with Gasteiger partial charge >= 0.3 is 0 Å². The van der Waals surface area contributed by atoms with Crippen molar-refractivity contribution in [2.24, 2.45) is 0 Å². The Morgan fingerprint density at radius 1 is 1.04 bits per heavy atom. The SMILES string of the molecule is CC1C(=O)N(c2ccc(F)cc2F)CCN1C(=O)c1cccc(F)c1. The van der Waals surface area contributed by atoms with Crippen LogP contribution in [0.15, 0.2) is 42.5 Å². The number of halogens is 3. The van der Waals surface area contributed by atoms with Gasteiger partial charge in [0, 0.05) is 24.7 Å². The van der Waals surface area contributed by atoms with Crippen LogP contribution >= 0.6 is 0 Å². The van der Waals surface area contributed by atoms with Crippen LogP contribution in [0.4, 0.5) is 18.9 Å². The van der Waals surface area contributed by atoms with Gasteiger partial charge in [-0.3, -0.25) is 9.59 Å². The van der Waals surface area contributed by atoms with Gasteiger partial charge in [0.2, 0.25) is 5.91 Å². The molecule has 1 heterocycles. The summed E-state index contributed by atoms with van der Waals surface area (Å²) in [5, 5.41) is 0. The summed E-state index contributed by atoms with van der Waals surface area (Å²) >= 11 is 0. The highest BCUT2D eigenvalue weighted by molar-refractivity contribution is 6.03. The van der Waals surface area contributed by atoms with Crippen LogP contribution in [0, 0.1) is 17.5 Å². The van der Waals surface area contributed by atoms with E-state index in [0.29, 0.717) is 6.07 Å². The van der Waals surface area contributed by atoms with Crippen molar-refractivity contribution < 1.29 is 22.8 Å². The van der Waals surface area contributed by atoms with Gasteiger partial charge in [0.1, 0.15) is 23.5 Å². The Morgan fingerprint density at radius 3 is 2.44 bits per heavy atom. The van der Waals surface area contributed by atoms with Crippen LogP contribution in [0.2, 0.25) is 0 Å². The summed E-state index contributed by atoms with van der Waals surface area (Å²) in [5.74, 6) is -3.08. The van der Waals surface area contributed by atoms with E-state index in [0.717, 1.165) is 12.1 Å². The van der Waals surface area contributed by atoms with E-state index in [1.54, 1.807) is 0 Å². The second-order valence-corrected chi connectivity index (χ2v) is 5.77. The first kappa shape index (κ1) is 17.0. The molecule has 1 aliphatic heterocycles. The average Bonchev–Trinajstić information content (AvgIpc) is 2.57. The molecule has 2 amide bonds. The van der Waals surface area contributed by atoms with Crippen molar-refractivity contribution in [3.63, 3.8) is 0 Å². The summed E-state index contributed by atoms with van der Waals surface area (Å²) in [6, 6.07) is 7.33. The minimum Gasteiger partial charge on any atom is -0.325 e. The van der Waals surface area contributed by atoms with Gasteiger partial charge in [-0.05, 0) is 37.3 Å². The molecule has 2 aromatic rings. The number of benzene rings is 2. The van der Waals surface area contributed by atoms with E-state index in [-0.39, 0.29) is 24.3 Å². The Bertz CT molecular complexity index is 841. The highest BCUT2D eigenvalue weighted by Gasteiger charge is 2.36. The van der Waals surface area contributed by atoms with Crippen molar-refractivity contribution in [2.45, 2.75) is 13.0 Å². The third-order valence-electron chi connectivity index (χ3n) is 4.19. The second kappa shape index (κ2) is 6.58. The Kier molecular flexibility index (Phi) is 4.48. The summed E-state index contributed by atoms with van der Waals surface area (Å²) in [5.41, 5.74) is 0.108. The maximum Gasteiger partial charge on any atom is 0.254 e. The van der Waals surface area contributed by atoms with Crippen molar-refractivity contribution in [1.29, 1.82) is 0 Å². The maximum atomic E-state index is 13.9. The van der Waals surface area contributed by atoms with Gasteiger partial charge in [0.25, 0.3) is 5.91 Å². The van der Waals surface area contributed by atoms with Gasteiger partial charge in [-0.25, -0.2) is 13.2 Å². The molecule has 1 saturated heterocycles. The number of hydrogen-bond acceptors (Lipinski definition) is 2. The highest BCUT2D eigenvalue weighted by atomic mass is 19.1. The Hall–Kier alpha value is -2.83. The standard InChI is InChI=1S/C18H15F3N2O2/c1-11-17(24)23(16-6-5-14(20)10-15(16)21)8-7-22(11)18(25)12-3-2-4-13(19)9-12/h2-6,9-11H,7-8H2,1H3. The van der Waals surface area contributed by atoms with Crippen LogP contribution in [0.3, 0.4) is 0 Å². The molecule has 7 heteroatoms. The Labute approximate surface area is 142 Å². The van der Waals surface area contributed by atoms with Crippen LogP contribution in [0.1, 0.15) is 17.3 Å². The molecule has 0 saturated carbocycles. The lowest BCUT2D eigenvalue weighted by Gasteiger charge is -2.39. The molecule has 3 rings (SSSR count). The Morgan fingerprint density at radius 2 is 1.76 bits per heavy atom. The zero-order valence-electron chi connectivity index (χ0n) is 13.4. The zero-order valence-corrected chi connectivity index (χ0v) is 13.4. The third kappa shape index (κ3) is 3.22. The largest absolute Gasteiger partial charge is 0.325 e. The first-order valence-corrected chi connectivity index (χ1v) is 7.71. The van der Waals surface area contributed by atoms with Gasteiger partial charge in [-0.1, -0.05) is 6.07 Å². The number of amides is 2. The van der Waals surface area contributed by atoms with E-state index in [1.165, 1.54) is 41.0 Å². The number of carbonyl (C=O) groups excluding carboxylic acids is 2. The molecule has 25 heavy (non-hydrogen) atoms. The van der Waals surface area contributed by atoms with E-state index >= 15 is 0 Å². The van der Waals surface area contributed by atoms with Crippen LogP contribution < -0.4 is 4.90 Å². The lowest BCUT2D eigenvalue weighted by molar-refractivity contribution is -0.124. The zero-order chi connectivity index (χ0) is 18.1. The van der Waals surface area contributed by atoms with Gasteiger partial charge in [0.05, 0.1) is 5.69 Å². The predicted octanol–water partition coefficient (Wildman–Crippen LogP) is 2.98. The summed E-state index contributed by atoms with van der Waals surface area (Å²) in [4.78, 5) is 27.6. The summed E-state index contributed by atoms with van der Waals surface area (Å²) in [6.45, 7) is 1.74. The molecule has 2 aromatic carbocycles. The summed E-state index contributed by atoms with van der Waals surface area (Å²) < 4.78 is 40.3. The van der Waals surface area contributed by atoms with E-state index in [2.05, 4.69) is 0 Å². The molecule has 0 aliphatic carbocycles. The fourth-order valence-electron chi connectivity index (χ4n) is 2.87. The maximum absolute atomic E-state index is 13.9.